The van der Waals surface area contributed by atoms with Gasteiger partial charge in [-0.05, 0) is 30.7 Å². The second-order valence-electron chi connectivity index (χ2n) is 2.79. The van der Waals surface area contributed by atoms with Gasteiger partial charge < -0.3 is 14.6 Å². The summed E-state index contributed by atoms with van der Waals surface area (Å²) in [5.41, 5.74) is 0. The van der Waals surface area contributed by atoms with Crippen molar-refractivity contribution < 1.29 is 14.6 Å². The van der Waals surface area contributed by atoms with Crippen LogP contribution in [0.3, 0.4) is 0 Å². The minimum atomic E-state index is -1.21. The largest absolute Gasteiger partial charge is 0.546 e. The maximum atomic E-state index is 10.5. The number of benzene rings is 1. The van der Waals surface area contributed by atoms with E-state index in [1.165, 1.54) is 0 Å². The van der Waals surface area contributed by atoms with Crippen LogP contribution in [0.1, 0.15) is 13.3 Å². The van der Waals surface area contributed by atoms with Gasteiger partial charge in [0.15, 0.2) is 0 Å². The van der Waals surface area contributed by atoms with Crippen LogP contribution < -0.4 is 9.84 Å². The smallest absolute Gasteiger partial charge is 0.138 e. The van der Waals surface area contributed by atoms with E-state index in [2.05, 4.69) is 0 Å². The van der Waals surface area contributed by atoms with E-state index >= 15 is 0 Å². The molecule has 0 heterocycles. The molecular weight excluding hydrogens is 204 g/mol. The first-order chi connectivity index (χ1) is 6.63. The number of halogens is 1. The average molecular weight is 214 g/mol. The van der Waals surface area contributed by atoms with Crippen LogP contribution in [0.2, 0.25) is 5.02 Å². The van der Waals surface area contributed by atoms with E-state index in [0.29, 0.717) is 17.2 Å². The molecule has 0 unspecified atom stereocenters. The molecule has 0 aliphatic heterocycles. The molecule has 4 heteroatoms. The van der Waals surface area contributed by atoms with E-state index in [4.69, 9.17) is 16.3 Å². The minimum Gasteiger partial charge on any atom is -0.546 e. The molecule has 0 fully saturated rings. The molecule has 1 aromatic rings. The number of carboxylic acid groups (broad SMARTS) is 1. The van der Waals surface area contributed by atoms with Crippen molar-refractivity contribution in [2.45, 2.75) is 19.4 Å². The molecular formula is C10H10ClO3-. The Kier molecular flexibility index (Phi) is 3.77. The number of rotatable bonds is 4. The fourth-order valence-electron chi connectivity index (χ4n) is 0.976. The lowest BCUT2D eigenvalue weighted by atomic mass is 10.3. The third-order valence-corrected chi connectivity index (χ3v) is 1.98. The third kappa shape index (κ3) is 2.92. The molecule has 0 radical (unpaired) electrons. The number of hydrogen-bond donors (Lipinski definition) is 0. The van der Waals surface area contributed by atoms with Crippen molar-refractivity contribution >= 4 is 17.6 Å². The normalized spacial score (nSPS) is 12.1. The first-order valence-electron chi connectivity index (χ1n) is 4.26. The molecule has 0 spiro atoms. The van der Waals surface area contributed by atoms with Gasteiger partial charge in [-0.2, -0.15) is 0 Å². The Morgan fingerprint density at radius 1 is 1.50 bits per heavy atom. The summed E-state index contributed by atoms with van der Waals surface area (Å²) in [7, 11) is 0. The number of aliphatic carboxylic acids is 1. The number of ether oxygens (including phenoxy) is 1. The Morgan fingerprint density at radius 2 is 2.07 bits per heavy atom. The lowest BCUT2D eigenvalue weighted by molar-refractivity contribution is -0.313. The number of hydrogen-bond acceptors (Lipinski definition) is 3. The van der Waals surface area contributed by atoms with Crippen LogP contribution in [0.15, 0.2) is 24.3 Å². The van der Waals surface area contributed by atoms with Crippen LogP contribution in [0.4, 0.5) is 0 Å². The molecule has 0 aromatic heterocycles. The molecule has 0 saturated carbocycles. The lowest BCUT2D eigenvalue weighted by Gasteiger charge is -2.18. The summed E-state index contributed by atoms with van der Waals surface area (Å²) in [6.45, 7) is 1.72. The van der Waals surface area contributed by atoms with Gasteiger partial charge in [0.1, 0.15) is 11.9 Å². The molecule has 0 aliphatic carbocycles. The first kappa shape index (κ1) is 10.9. The molecule has 0 amide bonds. The first-order valence-corrected chi connectivity index (χ1v) is 4.64. The third-order valence-electron chi connectivity index (χ3n) is 1.73. The van der Waals surface area contributed by atoms with Crippen molar-refractivity contribution in [1.82, 2.24) is 0 Å². The van der Waals surface area contributed by atoms with Crippen LogP contribution in [-0.4, -0.2) is 12.1 Å². The van der Waals surface area contributed by atoms with Crippen molar-refractivity contribution in [3.63, 3.8) is 0 Å². The fourth-order valence-corrected chi connectivity index (χ4v) is 1.10. The van der Waals surface area contributed by atoms with Crippen LogP contribution in [-0.2, 0) is 4.79 Å². The molecule has 14 heavy (non-hydrogen) atoms. The molecule has 0 bridgehead atoms. The van der Waals surface area contributed by atoms with Gasteiger partial charge in [0.05, 0.1) is 5.97 Å². The Balaban J connectivity index is 2.67. The summed E-state index contributed by atoms with van der Waals surface area (Å²) in [5.74, 6) is -0.729. The molecule has 76 valence electrons. The van der Waals surface area contributed by atoms with Gasteiger partial charge in [-0.1, -0.05) is 18.5 Å². The Morgan fingerprint density at radius 3 is 2.50 bits per heavy atom. The highest BCUT2D eigenvalue weighted by Gasteiger charge is 2.08. The summed E-state index contributed by atoms with van der Waals surface area (Å²) in [4.78, 5) is 10.5. The van der Waals surface area contributed by atoms with Crippen molar-refractivity contribution in [3.8, 4) is 5.75 Å². The zero-order valence-electron chi connectivity index (χ0n) is 7.70. The van der Waals surface area contributed by atoms with Crippen LogP contribution in [0.25, 0.3) is 0 Å². The maximum absolute atomic E-state index is 10.5. The highest BCUT2D eigenvalue weighted by Crippen LogP contribution is 2.17. The summed E-state index contributed by atoms with van der Waals surface area (Å²) in [5, 5.41) is 11.1. The van der Waals surface area contributed by atoms with Gasteiger partial charge in [0, 0.05) is 5.02 Å². The minimum absolute atomic E-state index is 0.366. The molecule has 0 saturated heterocycles. The second kappa shape index (κ2) is 4.86. The van der Waals surface area contributed by atoms with Crippen molar-refractivity contribution in [1.29, 1.82) is 0 Å². The van der Waals surface area contributed by atoms with Crippen LogP contribution in [0, 0.1) is 0 Å². The number of carboxylic acids is 1. The standard InChI is InChI=1S/C10H11ClO3/c1-2-9(10(12)13)14-8-5-3-7(11)4-6-8/h3-6,9H,2H2,1H3,(H,12,13)/p-1/t9-/m1/s1. The van der Waals surface area contributed by atoms with Crippen molar-refractivity contribution in [2.75, 3.05) is 0 Å². The maximum Gasteiger partial charge on any atom is 0.138 e. The molecule has 1 rings (SSSR count). The van der Waals surface area contributed by atoms with E-state index in [1.807, 2.05) is 0 Å². The topological polar surface area (TPSA) is 49.4 Å². The molecule has 1 atom stereocenters. The van der Waals surface area contributed by atoms with Gasteiger partial charge >= 0.3 is 0 Å². The van der Waals surface area contributed by atoms with Crippen LogP contribution >= 0.6 is 11.6 Å². The predicted octanol–water partition coefficient (Wildman–Crippen LogP) is 1.25. The van der Waals surface area contributed by atoms with Gasteiger partial charge in [-0.15, -0.1) is 0 Å². The van der Waals surface area contributed by atoms with E-state index in [0.717, 1.165) is 0 Å². The molecule has 3 nitrogen and oxygen atoms in total. The van der Waals surface area contributed by atoms with Crippen molar-refractivity contribution in [3.05, 3.63) is 29.3 Å². The van der Waals surface area contributed by atoms with E-state index < -0.39 is 12.1 Å². The van der Waals surface area contributed by atoms with E-state index in [9.17, 15) is 9.90 Å². The van der Waals surface area contributed by atoms with E-state index in [1.54, 1.807) is 31.2 Å². The SMILES string of the molecule is CC[C@@H](Oc1ccc(Cl)cc1)C(=O)[O-]. The van der Waals surface area contributed by atoms with Gasteiger partial charge in [0.2, 0.25) is 0 Å². The second-order valence-corrected chi connectivity index (χ2v) is 3.22. The highest BCUT2D eigenvalue weighted by molar-refractivity contribution is 6.30. The van der Waals surface area contributed by atoms with Crippen LogP contribution in [0.5, 0.6) is 5.75 Å². The summed E-state index contributed by atoms with van der Waals surface area (Å²) in [6, 6.07) is 6.51. The Bertz CT molecular complexity index is 308. The van der Waals surface area contributed by atoms with Gasteiger partial charge in [-0.3, -0.25) is 0 Å². The predicted molar refractivity (Wildman–Crippen MR) is 51.2 cm³/mol. The monoisotopic (exact) mass is 213 g/mol. The number of carbonyl (C=O) groups excluding carboxylic acids is 1. The summed E-state index contributed by atoms with van der Waals surface area (Å²) in [6.07, 6.45) is -0.540. The molecule has 1 aromatic carbocycles. The Labute approximate surface area is 87.3 Å². The summed E-state index contributed by atoms with van der Waals surface area (Å²) < 4.78 is 5.16. The average Bonchev–Trinajstić information content (AvgIpc) is 2.16. The zero-order chi connectivity index (χ0) is 10.6. The summed E-state index contributed by atoms with van der Waals surface area (Å²) >= 11 is 5.66. The fraction of sp³-hybridized carbons (Fsp3) is 0.300. The van der Waals surface area contributed by atoms with Gasteiger partial charge in [-0.25, -0.2) is 0 Å². The Hall–Kier alpha value is -1.22. The molecule has 0 N–H and O–H groups in total. The lowest BCUT2D eigenvalue weighted by Crippen LogP contribution is -2.39. The van der Waals surface area contributed by atoms with Gasteiger partial charge in [0.25, 0.3) is 0 Å². The van der Waals surface area contributed by atoms with E-state index in [-0.39, 0.29) is 0 Å². The number of carbonyl (C=O) groups is 1. The highest BCUT2D eigenvalue weighted by atomic mass is 35.5. The zero-order valence-corrected chi connectivity index (χ0v) is 8.45. The molecule has 0 aliphatic rings. The van der Waals surface area contributed by atoms with Crippen molar-refractivity contribution in [2.24, 2.45) is 0 Å². The quantitative estimate of drug-likeness (QED) is 0.756.